The van der Waals surface area contributed by atoms with E-state index in [4.69, 9.17) is 19.4 Å². The van der Waals surface area contributed by atoms with Crippen molar-refractivity contribution in [2.45, 2.75) is 44.5 Å². The fourth-order valence-electron chi connectivity index (χ4n) is 4.14. The van der Waals surface area contributed by atoms with Crippen LogP contribution in [0.3, 0.4) is 0 Å². The topological polar surface area (TPSA) is 97.4 Å². The molecule has 1 saturated heterocycles. The van der Waals surface area contributed by atoms with Gasteiger partial charge in [-0.3, -0.25) is 9.69 Å². The molecule has 0 spiro atoms. The van der Waals surface area contributed by atoms with Crippen LogP contribution >= 0.6 is 11.8 Å². The Kier molecular flexibility index (Phi) is 7.65. The first-order valence-corrected chi connectivity index (χ1v) is 12.4. The second-order valence-corrected chi connectivity index (χ2v) is 9.65. The number of carbonyl (C=O) groups is 2. The van der Waals surface area contributed by atoms with Crippen molar-refractivity contribution >= 4 is 34.4 Å². The summed E-state index contributed by atoms with van der Waals surface area (Å²) in [6.45, 7) is 11.2. The fourth-order valence-corrected chi connectivity index (χ4v) is 5.16. The van der Waals surface area contributed by atoms with Crippen LogP contribution in [0.4, 0.5) is 0 Å². The largest absolute Gasteiger partial charge is 0.462 e. The lowest BCUT2D eigenvalue weighted by Crippen LogP contribution is -2.36. The van der Waals surface area contributed by atoms with Crippen molar-refractivity contribution in [3.63, 3.8) is 0 Å². The lowest BCUT2D eigenvalue weighted by atomic mass is 10.1. The number of para-hydroxylation sites is 1. The number of aryl methyl sites for hydroxylation is 1. The standard InChI is InChI=1S/C25H30N4O4S/c1-5-33-25(31)21-15(2)22(26-16(21)3)23(30)17(4)34-24-18-8-6-7-9-19(18)27-20(28-24)14-29-10-12-32-13-11-29/h6-9,17,26H,5,10-14H2,1-4H3. The van der Waals surface area contributed by atoms with Gasteiger partial charge in [-0.05, 0) is 39.3 Å². The molecular weight excluding hydrogens is 452 g/mol. The van der Waals surface area contributed by atoms with E-state index in [-0.39, 0.29) is 12.4 Å². The number of nitrogens with zero attached hydrogens (tertiary/aromatic N) is 3. The Morgan fingerprint density at radius 2 is 1.94 bits per heavy atom. The Hall–Kier alpha value is -2.75. The molecule has 4 rings (SSSR count). The third-order valence-corrected chi connectivity index (χ3v) is 7.01. The summed E-state index contributed by atoms with van der Waals surface area (Å²) in [4.78, 5) is 40.7. The number of rotatable bonds is 8. The predicted octanol–water partition coefficient (Wildman–Crippen LogP) is 3.95. The molecule has 0 bridgehead atoms. The molecule has 2 aromatic heterocycles. The second kappa shape index (κ2) is 10.7. The van der Waals surface area contributed by atoms with Crippen LogP contribution in [-0.4, -0.2) is 69.8 Å². The Balaban J connectivity index is 1.60. The van der Waals surface area contributed by atoms with Gasteiger partial charge in [-0.25, -0.2) is 14.8 Å². The summed E-state index contributed by atoms with van der Waals surface area (Å²) in [5.74, 6) is 0.237. The third-order valence-electron chi connectivity index (χ3n) is 5.90. The van der Waals surface area contributed by atoms with Crippen LogP contribution in [0.1, 0.15) is 51.8 Å². The SMILES string of the molecule is CCOC(=O)c1c(C)[nH]c(C(=O)C(C)Sc2nc(CN3CCOCC3)nc3ccccc23)c1C. The molecule has 3 aromatic rings. The third kappa shape index (κ3) is 5.16. The summed E-state index contributed by atoms with van der Waals surface area (Å²) in [6, 6.07) is 7.86. The lowest BCUT2D eigenvalue weighted by Gasteiger charge is -2.26. The van der Waals surface area contributed by atoms with Gasteiger partial charge in [-0.2, -0.15) is 0 Å². The van der Waals surface area contributed by atoms with E-state index in [1.165, 1.54) is 11.8 Å². The number of thioether (sulfide) groups is 1. The van der Waals surface area contributed by atoms with Gasteiger partial charge in [-0.1, -0.05) is 30.0 Å². The van der Waals surface area contributed by atoms with Gasteiger partial charge in [0.1, 0.15) is 10.9 Å². The van der Waals surface area contributed by atoms with E-state index in [0.29, 0.717) is 42.3 Å². The number of morpholine rings is 1. The quantitative estimate of drug-likeness (QED) is 0.223. The van der Waals surface area contributed by atoms with Gasteiger partial charge in [0.25, 0.3) is 0 Å². The number of nitrogens with one attached hydrogen (secondary N) is 1. The number of carbonyl (C=O) groups excluding carboxylic acids is 2. The highest BCUT2D eigenvalue weighted by Gasteiger charge is 2.27. The van der Waals surface area contributed by atoms with Gasteiger partial charge in [0.2, 0.25) is 0 Å². The van der Waals surface area contributed by atoms with Crippen molar-refractivity contribution in [3.05, 3.63) is 52.6 Å². The first kappa shape index (κ1) is 24.4. The molecule has 1 unspecified atom stereocenters. The van der Waals surface area contributed by atoms with Crippen molar-refractivity contribution in [1.29, 1.82) is 0 Å². The van der Waals surface area contributed by atoms with E-state index < -0.39 is 11.2 Å². The minimum Gasteiger partial charge on any atom is -0.462 e. The van der Waals surface area contributed by atoms with Gasteiger partial charge in [-0.15, -0.1) is 0 Å². The number of Topliss-reactive ketones (excluding diaryl/α,β-unsaturated/α-hetero) is 1. The van der Waals surface area contributed by atoms with Crippen molar-refractivity contribution < 1.29 is 19.1 Å². The molecular formula is C25H30N4O4S. The van der Waals surface area contributed by atoms with Crippen LogP contribution in [-0.2, 0) is 16.0 Å². The minimum atomic E-state index is -0.415. The molecule has 9 heteroatoms. The Labute approximate surface area is 203 Å². The Morgan fingerprint density at radius 3 is 2.68 bits per heavy atom. The van der Waals surface area contributed by atoms with E-state index in [1.807, 2.05) is 31.2 Å². The minimum absolute atomic E-state index is 0.0847. The van der Waals surface area contributed by atoms with Crippen LogP contribution in [0.5, 0.6) is 0 Å². The number of hydrogen-bond donors (Lipinski definition) is 1. The molecule has 1 aliphatic rings. The van der Waals surface area contributed by atoms with Gasteiger partial charge < -0.3 is 14.5 Å². The molecule has 1 fully saturated rings. The van der Waals surface area contributed by atoms with E-state index in [0.717, 1.165) is 34.8 Å². The van der Waals surface area contributed by atoms with Gasteiger partial charge in [0.05, 0.1) is 48.4 Å². The highest BCUT2D eigenvalue weighted by molar-refractivity contribution is 8.00. The van der Waals surface area contributed by atoms with Crippen LogP contribution in [0.15, 0.2) is 29.3 Å². The first-order chi connectivity index (χ1) is 16.4. The first-order valence-electron chi connectivity index (χ1n) is 11.5. The van der Waals surface area contributed by atoms with Crippen molar-refractivity contribution in [3.8, 4) is 0 Å². The highest BCUT2D eigenvalue weighted by Crippen LogP contribution is 2.31. The molecule has 1 aromatic carbocycles. The molecule has 0 aliphatic carbocycles. The van der Waals surface area contributed by atoms with Crippen molar-refractivity contribution in [2.75, 3.05) is 32.9 Å². The summed E-state index contributed by atoms with van der Waals surface area (Å²) in [6.07, 6.45) is 0. The van der Waals surface area contributed by atoms with Crippen LogP contribution in [0.2, 0.25) is 0 Å². The normalized spacial score (nSPS) is 15.4. The maximum atomic E-state index is 13.4. The number of H-pyrrole nitrogens is 1. The number of benzene rings is 1. The average molecular weight is 483 g/mol. The van der Waals surface area contributed by atoms with Crippen LogP contribution in [0.25, 0.3) is 10.9 Å². The van der Waals surface area contributed by atoms with Gasteiger partial charge >= 0.3 is 5.97 Å². The van der Waals surface area contributed by atoms with Crippen molar-refractivity contribution in [2.24, 2.45) is 0 Å². The van der Waals surface area contributed by atoms with Crippen LogP contribution < -0.4 is 0 Å². The van der Waals surface area contributed by atoms with Gasteiger partial charge in [0.15, 0.2) is 5.78 Å². The van der Waals surface area contributed by atoms with Gasteiger partial charge in [0, 0.05) is 24.2 Å². The maximum absolute atomic E-state index is 13.4. The summed E-state index contributed by atoms with van der Waals surface area (Å²) in [5.41, 5.74) is 2.99. The predicted molar refractivity (Wildman–Crippen MR) is 132 cm³/mol. The molecule has 1 aliphatic heterocycles. The zero-order chi connectivity index (χ0) is 24.2. The number of hydrogen-bond acceptors (Lipinski definition) is 8. The average Bonchev–Trinajstić information content (AvgIpc) is 3.13. The van der Waals surface area contributed by atoms with Crippen molar-refractivity contribution in [1.82, 2.24) is 19.9 Å². The number of aromatic nitrogens is 3. The van der Waals surface area contributed by atoms with E-state index in [2.05, 4.69) is 9.88 Å². The fraction of sp³-hybridized carbons (Fsp3) is 0.440. The molecule has 1 N–H and O–H groups in total. The number of ether oxygens (including phenoxy) is 2. The number of ketones is 1. The molecule has 0 amide bonds. The van der Waals surface area contributed by atoms with E-state index in [1.54, 1.807) is 20.8 Å². The summed E-state index contributed by atoms with van der Waals surface area (Å²) in [7, 11) is 0. The molecule has 0 saturated carbocycles. The summed E-state index contributed by atoms with van der Waals surface area (Å²) < 4.78 is 10.6. The van der Waals surface area contributed by atoms with E-state index in [9.17, 15) is 9.59 Å². The molecule has 34 heavy (non-hydrogen) atoms. The summed E-state index contributed by atoms with van der Waals surface area (Å²) >= 11 is 1.41. The lowest BCUT2D eigenvalue weighted by molar-refractivity contribution is 0.0330. The molecule has 3 heterocycles. The number of esters is 1. The maximum Gasteiger partial charge on any atom is 0.340 e. The van der Waals surface area contributed by atoms with E-state index >= 15 is 0 Å². The zero-order valence-electron chi connectivity index (χ0n) is 20.0. The summed E-state index contributed by atoms with van der Waals surface area (Å²) in [5, 5.41) is 1.28. The molecule has 8 nitrogen and oxygen atoms in total. The molecule has 1 atom stereocenters. The Bertz CT molecular complexity index is 1200. The zero-order valence-corrected chi connectivity index (χ0v) is 20.8. The Morgan fingerprint density at radius 1 is 1.21 bits per heavy atom. The number of aromatic amines is 1. The highest BCUT2D eigenvalue weighted by atomic mass is 32.2. The molecule has 0 radical (unpaired) electrons. The number of fused-ring (bicyclic) bond motifs is 1. The van der Waals surface area contributed by atoms with Crippen LogP contribution in [0, 0.1) is 13.8 Å². The second-order valence-electron chi connectivity index (χ2n) is 8.32. The molecule has 180 valence electrons. The smallest absolute Gasteiger partial charge is 0.340 e. The monoisotopic (exact) mass is 482 g/mol.